The van der Waals surface area contributed by atoms with Crippen molar-refractivity contribution < 1.29 is 4.79 Å². The standard InChI is InChI=1S/C11H23N3O/c1-9(2)12-6-4-11(15)13-10-5-7-14(3)8-10/h9-10,12H,4-8H2,1-3H3,(H,13,15). The molecule has 0 aromatic rings. The molecule has 0 aromatic heterocycles. The first kappa shape index (κ1) is 12.5. The topological polar surface area (TPSA) is 44.4 Å². The van der Waals surface area contributed by atoms with E-state index in [9.17, 15) is 4.79 Å². The molecule has 1 saturated heterocycles. The second-order valence-electron chi connectivity index (χ2n) is 4.67. The summed E-state index contributed by atoms with van der Waals surface area (Å²) in [5.41, 5.74) is 0. The summed E-state index contributed by atoms with van der Waals surface area (Å²) in [7, 11) is 2.09. The van der Waals surface area contributed by atoms with Crippen LogP contribution in [0.25, 0.3) is 0 Å². The Morgan fingerprint density at radius 2 is 2.27 bits per heavy atom. The van der Waals surface area contributed by atoms with E-state index < -0.39 is 0 Å². The third kappa shape index (κ3) is 5.14. The molecule has 0 aliphatic carbocycles. The van der Waals surface area contributed by atoms with Crippen LogP contribution in [-0.4, -0.2) is 49.6 Å². The van der Waals surface area contributed by atoms with Gasteiger partial charge in [-0.3, -0.25) is 4.79 Å². The normalized spacial score (nSPS) is 22.3. The first-order chi connectivity index (χ1) is 7.08. The highest BCUT2D eigenvalue weighted by Crippen LogP contribution is 2.05. The molecule has 1 heterocycles. The van der Waals surface area contributed by atoms with Gasteiger partial charge in [0.1, 0.15) is 0 Å². The highest BCUT2D eigenvalue weighted by Gasteiger charge is 2.20. The van der Waals surface area contributed by atoms with Crippen LogP contribution < -0.4 is 10.6 Å². The van der Waals surface area contributed by atoms with Gasteiger partial charge in [-0.05, 0) is 20.0 Å². The molecule has 15 heavy (non-hydrogen) atoms. The first-order valence-electron chi connectivity index (χ1n) is 5.79. The maximum absolute atomic E-state index is 11.5. The lowest BCUT2D eigenvalue weighted by Gasteiger charge is -2.13. The van der Waals surface area contributed by atoms with E-state index in [-0.39, 0.29) is 5.91 Å². The van der Waals surface area contributed by atoms with Crippen molar-refractivity contribution in [1.29, 1.82) is 0 Å². The average molecular weight is 213 g/mol. The molecule has 1 fully saturated rings. The summed E-state index contributed by atoms with van der Waals surface area (Å²) in [4.78, 5) is 13.8. The number of carbonyl (C=O) groups is 1. The third-order valence-electron chi connectivity index (χ3n) is 2.66. The predicted octanol–water partition coefficient (Wildman–Crippen LogP) is 0.195. The van der Waals surface area contributed by atoms with Crippen LogP contribution >= 0.6 is 0 Å². The Labute approximate surface area is 92.4 Å². The molecule has 0 aromatic carbocycles. The van der Waals surface area contributed by atoms with E-state index >= 15 is 0 Å². The Bertz CT molecular complexity index is 206. The molecule has 1 unspecified atom stereocenters. The number of hydrogen-bond donors (Lipinski definition) is 2. The molecule has 0 saturated carbocycles. The first-order valence-corrected chi connectivity index (χ1v) is 5.79. The van der Waals surface area contributed by atoms with E-state index in [1.54, 1.807) is 0 Å². The van der Waals surface area contributed by atoms with E-state index in [0.717, 1.165) is 26.1 Å². The van der Waals surface area contributed by atoms with Crippen LogP contribution in [0.1, 0.15) is 26.7 Å². The number of amides is 1. The SMILES string of the molecule is CC(C)NCCC(=O)NC1CCN(C)C1. The van der Waals surface area contributed by atoms with Crippen molar-refractivity contribution in [2.75, 3.05) is 26.7 Å². The van der Waals surface area contributed by atoms with Crippen LogP contribution in [0.2, 0.25) is 0 Å². The summed E-state index contributed by atoms with van der Waals surface area (Å²) in [5.74, 6) is 0.170. The largest absolute Gasteiger partial charge is 0.352 e. The van der Waals surface area contributed by atoms with E-state index in [1.807, 2.05) is 0 Å². The molecule has 1 aliphatic rings. The number of nitrogens with zero attached hydrogens (tertiary/aromatic N) is 1. The molecule has 4 nitrogen and oxygen atoms in total. The molecule has 2 N–H and O–H groups in total. The number of rotatable bonds is 5. The minimum Gasteiger partial charge on any atom is -0.352 e. The van der Waals surface area contributed by atoms with E-state index in [1.165, 1.54) is 0 Å². The van der Waals surface area contributed by atoms with Gasteiger partial charge in [-0.25, -0.2) is 0 Å². The monoisotopic (exact) mass is 213 g/mol. The number of likely N-dealkylation sites (tertiary alicyclic amines) is 1. The van der Waals surface area contributed by atoms with E-state index in [0.29, 0.717) is 18.5 Å². The van der Waals surface area contributed by atoms with E-state index in [4.69, 9.17) is 0 Å². The smallest absolute Gasteiger partial charge is 0.221 e. The van der Waals surface area contributed by atoms with Gasteiger partial charge in [0.25, 0.3) is 0 Å². The lowest BCUT2D eigenvalue weighted by molar-refractivity contribution is -0.121. The van der Waals surface area contributed by atoms with Crippen LogP contribution in [0.3, 0.4) is 0 Å². The molecule has 1 aliphatic heterocycles. The van der Waals surface area contributed by atoms with Crippen LogP contribution in [0.5, 0.6) is 0 Å². The van der Waals surface area contributed by atoms with Gasteiger partial charge in [0, 0.05) is 31.6 Å². The average Bonchev–Trinajstić information content (AvgIpc) is 2.50. The minimum atomic E-state index is 0.170. The Morgan fingerprint density at radius 1 is 1.53 bits per heavy atom. The molecule has 0 spiro atoms. The van der Waals surface area contributed by atoms with E-state index in [2.05, 4.69) is 36.4 Å². The summed E-state index contributed by atoms with van der Waals surface area (Å²) in [6.07, 6.45) is 1.66. The Hall–Kier alpha value is -0.610. The van der Waals surface area contributed by atoms with Crippen LogP contribution in [0.15, 0.2) is 0 Å². The van der Waals surface area contributed by atoms with Crippen LogP contribution in [0.4, 0.5) is 0 Å². The van der Waals surface area contributed by atoms with Crippen molar-refractivity contribution in [1.82, 2.24) is 15.5 Å². The molecule has 1 amide bonds. The molecular weight excluding hydrogens is 190 g/mol. The number of nitrogens with one attached hydrogen (secondary N) is 2. The van der Waals surface area contributed by atoms with Crippen molar-refractivity contribution >= 4 is 5.91 Å². The van der Waals surface area contributed by atoms with Gasteiger partial charge in [0.2, 0.25) is 5.91 Å². The molecular formula is C11H23N3O. The summed E-state index contributed by atoms with van der Waals surface area (Å²) in [6.45, 7) is 7.03. The number of hydrogen-bond acceptors (Lipinski definition) is 3. The second kappa shape index (κ2) is 6.08. The van der Waals surface area contributed by atoms with Crippen LogP contribution in [0, 0.1) is 0 Å². The van der Waals surface area contributed by atoms with Gasteiger partial charge >= 0.3 is 0 Å². The maximum atomic E-state index is 11.5. The fourth-order valence-corrected chi connectivity index (χ4v) is 1.83. The quantitative estimate of drug-likeness (QED) is 0.685. The highest BCUT2D eigenvalue weighted by atomic mass is 16.1. The van der Waals surface area contributed by atoms with Crippen molar-refractivity contribution in [3.05, 3.63) is 0 Å². The molecule has 0 bridgehead atoms. The van der Waals surface area contributed by atoms with Crippen molar-refractivity contribution in [2.45, 2.75) is 38.8 Å². The number of carbonyl (C=O) groups excluding carboxylic acids is 1. The Morgan fingerprint density at radius 3 is 2.80 bits per heavy atom. The molecule has 88 valence electrons. The summed E-state index contributed by atoms with van der Waals surface area (Å²) < 4.78 is 0. The Kier molecular flexibility index (Phi) is 5.05. The zero-order valence-corrected chi connectivity index (χ0v) is 10.0. The predicted molar refractivity (Wildman–Crippen MR) is 61.8 cm³/mol. The van der Waals surface area contributed by atoms with Crippen molar-refractivity contribution in [2.24, 2.45) is 0 Å². The third-order valence-corrected chi connectivity index (χ3v) is 2.66. The van der Waals surface area contributed by atoms with Gasteiger partial charge in [-0.2, -0.15) is 0 Å². The van der Waals surface area contributed by atoms with Gasteiger partial charge in [-0.15, -0.1) is 0 Å². The van der Waals surface area contributed by atoms with Gasteiger partial charge in [0.15, 0.2) is 0 Å². The van der Waals surface area contributed by atoms with Crippen LogP contribution in [-0.2, 0) is 4.79 Å². The summed E-state index contributed by atoms with van der Waals surface area (Å²) in [6, 6.07) is 0.817. The summed E-state index contributed by atoms with van der Waals surface area (Å²) in [5, 5.41) is 6.30. The zero-order valence-electron chi connectivity index (χ0n) is 10.0. The lowest BCUT2D eigenvalue weighted by atomic mass is 10.2. The molecule has 4 heteroatoms. The fraction of sp³-hybridized carbons (Fsp3) is 0.909. The second-order valence-corrected chi connectivity index (χ2v) is 4.67. The lowest BCUT2D eigenvalue weighted by Crippen LogP contribution is -2.38. The highest BCUT2D eigenvalue weighted by molar-refractivity contribution is 5.76. The number of likely N-dealkylation sites (N-methyl/N-ethyl adjacent to an activating group) is 1. The molecule has 1 rings (SSSR count). The Balaban J connectivity index is 2.08. The van der Waals surface area contributed by atoms with Crippen molar-refractivity contribution in [3.8, 4) is 0 Å². The molecule has 1 atom stereocenters. The summed E-state index contributed by atoms with van der Waals surface area (Å²) >= 11 is 0. The van der Waals surface area contributed by atoms with Gasteiger partial charge in [-0.1, -0.05) is 13.8 Å². The maximum Gasteiger partial charge on any atom is 0.221 e. The van der Waals surface area contributed by atoms with Gasteiger partial charge < -0.3 is 15.5 Å². The van der Waals surface area contributed by atoms with Gasteiger partial charge in [0.05, 0.1) is 0 Å². The molecule has 0 radical (unpaired) electrons. The van der Waals surface area contributed by atoms with Crippen molar-refractivity contribution in [3.63, 3.8) is 0 Å². The fourth-order valence-electron chi connectivity index (χ4n) is 1.83. The minimum absolute atomic E-state index is 0.170. The zero-order chi connectivity index (χ0) is 11.3.